The second-order valence-corrected chi connectivity index (χ2v) is 11.8. The minimum atomic E-state index is -1.18. The average Bonchev–Trinajstić information content (AvgIpc) is 3.53. The van der Waals surface area contributed by atoms with Crippen molar-refractivity contribution in [1.82, 2.24) is 0 Å². The monoisotopic (exact) mass is 614 g/mol. The highest BCUT2D eigenvalue weighted by atomic mass is 16.6. The van der Waals surface area contributed by atoms with Crippen LogP contribution in [0.2, 0.25) is 0 Å². The van der Waals surface area contributed by atoms with Crippen LogP contribution in [0.1, 0.15) is 73.4 Å². The van der Waals surface area contributed by atoms with Gasteiger partial charge in [0.2, 0.25) is 0 Å². The second kappa shape index (κ2) is 8.96. The molecule has 0 bridgehead atoms. The van der Waals surface area contributed by atoms with Gasteiger partial charge in [-0.15, -0.1) is 0 Å². The third-order valence-electron chi connectivity index (χ3n) is 9.27. The van der Waals surface area contributed by atoms with Crippen molar-refractivity contribution in [2.24, 2.45) is 0 Å². The quantitative estimate of drug-likeness (QED) is 0.206. The summed E-state index contributed by atoms with van der Waals surface area (Å²) in [5, 5.41) is 32.1. The molecule has 6 aliphatic rings. The molecule has 0 amide bonds. The lowest BCUT2D eigenvalue weighted by molar-refractivity contribution is -0.144. The molecule has 13 heteroatoms. The first-order valence-electron chi connectivity index (χ1n) is 14.2. The van der Waals surface area contributed by atoms with Gasteiger partial charge in [0.25, 0.3) is 0 Å². The lowest BCUT2D eigenvalue weighted by atomic mass is 9.86. The number of carbonyl (C=O) groups is 2. The zero-order valence-electron chi connectivity index (χ0n) is 23.5. The van der Waals surface area contributed by atoms with Gasteiger partial charge in [-0.05, 0) is 37.6 Å². The molecule has 0 spiro atoms. The number of hydrogen-bond acceptors (Lipinski definition) is 13. The SMILES string of the molecule is C[C@@H]1O[C@H]2CC(=O)O[C@H]2c2c1c(=O)c1c(=O)c(-c3cc(O)c4c(O)c5c(c(O)c4c3)[C@@H](C)O[C@@H]3CC(=O)O[C@H]53)cc(=O)c=1c2=O. The van der Waals surface area contributed by atoms with Crippen LogP contribution in [0.3, 0.4) is 0 Å². The van der Waals surface area contributed by atoms with Gasteiger partial charge in [0, 0.05) is 27.6 Å². The average molecular weight is 615 g/mol. The molecule has 2 aromatic rings. The Hall–Kier alpha value is -5.14. The van der Waals surface area contributed by atoms with Crippen molar-refractivity contribution >= 4 is 22.7 Å². The van der Waals surface area contributed by atoms with Crippen molar-refractivity contribution < 1.29 is 43.9 Å². The summed E-state index contributed by atoms with van der Waals surface area (Å²) >= 11 is 0. The minimum Gasteiger partial charge on any atom is -0.507 e. The van der Waals surface area contributed by atoms with Gasteiger partial charge in [0.05, 0.1) is 46.4 Å². The fourth-order valence-electron chi connectivity index (χ4n) is 7.41. The summed E-state index contributed by atoms with van der Waals surface area (Å²) in [5.41, 5.74) is -4.32. The largest absolute Gasteiger partial charge is 0.507 e. The second-order valence-electron chi connectivity index (χ2n) is 11.8. The number of phenolic OH excluding ortho intramolecular Hbond substituents is 3. The molecular weight excluding hydrogens is 592 g/mol. The van der Waals surface area contributed by atoms with Crippen molar-refractivity contribution in [1.29, 1.82) is 0 Å². The van der Waals surface area contributed by atoms with Gasteiger partial charge in [-0.1, -0.05) is 0 Å². The number of phenols is 3. The predicted octanol–water partition coefficient (Wildman–Crippen LogP) is 1.56. The maximum absolute atomic E-state index is 13.9. The topological polar surface area (TPSA) is 200 Å². The maximum atomic E-state index is 13.9. The van der Waals surface area contributed by atoms with E-state index in [9.17, 15) is 44.1 Å². The molecule has 6 atom stereocenters. The molecule has 0 radical (unpaired) electrons. The van der Waals surface area contributed by atoms with Gasteiger partial charge in [-0.25, -0.2) is 0 Å². The van der Waals surface area contributed by atoms with Crippen LogP contribution in [-0.2, 0) is 28.5 Å². The Labute approximate surface area is 250 Å². The Balaban J connectivity index is 1.39. The van der Waals surface area contributed by atoms with Crippen molar-refractivity contribution in [3.05, 3.63) is 91.8 Å². The van der Waals surface area contributed by atoms with Crippen LogP contribution in [0.25, 0.3) is 21.9 Å². The van der Waals surface area contributed by atoms with E-state index < -0.39 is 98.0 Å². The number of fused-ring (bicyclic) bond motifs is 7. The van der Waals surface area contributed by atoms with E-state index in [1.165, 1.54) is 13.0 Å². The third kappa shape index (κ3) is 3.50. The first kappa shape index (κ1) is 27.4. The third-order valence-corrected chi connectivity index (χ3v) is 9.27. The summed E-state index contributed by atoms with van der Waals surface area (Å²) in [7, 11) is 0. The van der Waals surface area contributed by atoms with Crippen LogP contribution in [0.15, 0.2) is 37.4 Å². The number of hydrogen-bond donors (Lipinski definition) is 3. The van der Waals surface area contributed by atoms with Crippen molar-refractivity contribution in [3.8, 4) is 28.4 Å². The number of esters is 2. The van der Waals surface area contributed by atoms with Crippen LogP contribution in [-0.4, -0.2) is 39.5 Å². The van der Waals surface area contributed by atoms with Crippen molar-refractivity contribution in [2.75, 3.05) is 0 Å². The summed E-state index contributed by atoms with van der Waals surface area (Å²) in [4.78, 5) is 78.7. The molecule has 8 rings (SSSR count). The Kier molecular flexibility index (Phi) is 5.46. The number of aromatic hydroxyl groups is 3. The molecule has 0 unspecified atom stereocenters. The van der Waals surface area contributed by atoms with E-state index in [1.807, 2.05) is 0 Å². The zero-order chi connectivity index (χ0) is 31.8. The predicted molar refractivity (Wildman–Crippen MR) is 151 cm³/mol. The minimum absolute atomic E-state index is 0.0589. The van der Waals surface area contributed by atoms with Gasteiger partial charge in [0.15, 0.2) is 33.9 Å². The summed E-state index contributed by atoms with van der Waals surface area (Å²) < 4.78 is 22.2. The first-order valence-corrected chi connectivity index (χ1v) is 14.2. The van der Waals surface area contributed by atoms with E-state index in [0.29, 0.717) is 0 Å². The van der Waals surface area contributed by atoms with Crippen LogP contribution < -0.4 is 21.7 Å². The summed E-state index contributed by atoms with van der Waals surface area (Å²) in [6.45, 7) is 3.10. The number of ether oxygens (including phenoxy) is 4. The van der Waals surface area contributed by atoms with Gasteiger partial charge >= 0.3 is 11.9 Å². The van der Waals surface area contributed by atoms with E-state index in [0.717, 1.165) is 12.1 Å². The molecule has 2 aromatic carbocycles. The van der Waals surface area contributed by atoms with Gasteiger partial charge in [-0.3, -0.25) is 28.8 Å². The van der Waals surface area contributed by atoms with Crippen LogP contribution in [0.4, 0.5) is 0 Å². The lowest BCUT2D eigenvalue weighted by Gasteiger charge is -2.33. The first-order chi connectivity index (χ1) is 21.4. The highest BCUT2D eigenvalue weighted by Gasteiger charge is 2.48. The van der Waals surface area contributed by atoms with E-state index in [-0.39, 0.29) is 57.0 Å². The molecule has 0 aromatic heterocycles. The van der Waals surface area contributed by atoms with E-state index in [4.69, 9.17) is 18.9 Å². The Morgan fingerprint density at radius 1 is 0.644 bits per heavy atom. The normalized spacial score (nSPS) is 26.7. The van der Waals surface area contributed by atoms with E-state index >= 15 is 0 Å². The molecule has 4 aliphatic heterocycles. The molecule has 2 aliphatic carbocycles. The smallest absolute Gasteiger partial charge is 0.309 e. The van der Waals surface area contributed by atoms with E-state index in [2.05, 4.69) is 0 Å². The highest BCUT2D eigenvalue weighted by Crippen LogP contribution is 2.55. The number of rotatable bonds is 1. The summed E-state index contributed by atoms with van der Waals surface area (Å²) in [6, 6.07) is 3.19. The van der Waals surface area contributed by atoms with Crippen molar-refractivity contribution in [2.45, 2.75) is 63.3 Å². The van der Waals surface area contributed by atoms with Crippen LogP contribution in [0.5, 0.6) is 17.2 Å². The molecule has 2 fully saturated rings. The standard InChI is InChI=1S/C32H22O13/c1-8-19-24(31-15(42-8)6-17(35)44-31)29(40)21-12(27(19)38)3-10(4-13(21)33)11-5-14(34)22-23(26(11)37)28(39)20-9(2)43-16-7-18(36)45-32(16)25(20)30(22)41/h3-5,8-9,15-16,31-33,38,40H,6-7H2,1-2H3/t8-,9+,15-,16+,31+,32-/m1/s1. The summed E-state index contributed by atoms with van der Waals surface area (Å²) in [6.07, 6.45) is -5.70. The number of benzene rings is 2. The highest BCUT2D eigenvalue weighted by molar-refractivity contribution is 6.02. The Morgan fingerprint density at radius 3 is 1.87 bits per heavy atom. The molecule has 3 N–H and O–H groups in total. The van der Waals surface area contributed by atoms with Gasteiger partial charge < -0.3 is 34.3 Å². The van der Waals surface area contributed by atoms with Crippen LogP contribution >= 0.6 is 0 Å². The Bertz CT molecular complexity index is 2350. The van der Waals surface area contributed by atoms with E-state index in [1.54, 1.807) is 6.92 Å². The molecule has 0 saturated carbocycles. The van der Waals surface area contributed by atoms with Crippen molar-refractivity contribution in [3.63, 3.8) is 0 Å². The maximum Gasteiger partial charge on any atom is 0.309 e. The zero-order valence-corrected chi connectivity index (χ0v) is 23.5. The Morgan fingerprint density at radius 2 is 1.22 bits per heavy atom. The molecular formula is C32H22O13. The molecule has 13 nitrogen and oxygen atoms in total. The van der Waals surface area contributed by atoms with Gasteiger partial charge in [-0.2, -0.15) is 0 Å². The fourth-order valence-corrected chi connectivity index (χ4v) is 7.41. The number of carbonyl (C=O) groups excluding carboxylic acids is 2. The molecule has 228 valence electrons. The van der Waals surface area contributed by atoms with Gasteiger partial charge in [0.1, 0.15) is 29.5 Å². The molecule has 2 saturated heterocycles. The molecule has 45 heavy (non-hydrogen) atoms. The molecule has 4 heterocycles. The fraction of sp³-hybridized carbons (Fsp3) is 0.312. The lowest BCUT2D eigenvalue weighted by Crippen LogP contribution is -2.40. The van der Waals surface area contributed by atoms with Crippen LogP contribution in [0, 0.1) is 10.4 Å². The summed E-state index contributed by atoms with van der Waals surface area (Å²) in [5.74, 6) is -2.65.